The third-order valence-corrected chi connectivity index (χ3v) is 4.56. The maximum Gasteiger partial charge on any atom is 0.0232 e. The topological polar surface area (TPSA) is 0 Å². The van der Waals surface area contributed by atoms with Crippen molar-refractivity contribution >= 4 is 11.8 Å². The van der Waals surface area contributed by atoms with E-state index in [4.69, 9.17) is 0 Å². The molecule has 100 valence electrons. The van der Waals surface area contributed by atoms with Crippen LogP contribution in [0.4, 0.5) is 0 Å². The van der Waals surface area contributed by atoms with E-state index in [9.17, 15) is 0 Å². The largest absolute Gasteiger partial charge is 0.121 e. The van der Waals surface area contributed by atoms with Gasteiger partial charge >= 0.3 is 0 Å². The molecule has 2 rings (SSSR count). The van der Waals surface area contributed by atoms with Crippen molar-refractivity contribution in [2.45, 2.75) is 43.8 Å². The zero-order valence-electron chi connectivity index (χ0n) is 11.9. The Morgan fingerprint density at radius 1 is 0.947 bits per heavy atom. The van der Waals surface area contributed by atoms with E-state index >= 15 is 0 Å². The molecule has 0 atom stereocenters. The highest BCUT2D eigenvalue weighted by Crippen LogP contribution is 2.29. The lowest BCUT2D eigenvalue weighted by molar-refractivity contribution is 0.780. The Hall–Kier alpha value is -1.21. The molecule has 0 amide bonds. The highest BCUT2D eigenvalue weighted by atomic mass is 32.2. The van der Waals surface area contributed by atoms with Crippen LogP contribution in [0, 0.1) is 6.92 Å². The third-order valence-electron chi connectivity index (χ3n) is 3.38. The van der Waals surface area contributed by atoms with Gasteiger partial charge in [-0.25, -0.2) is 0 Å². The van der Waals surface area contributed by atoms with Crippen molar-refractivity contribution in [3.8, 4) is 0 Å². The fraction of sp³-hybridized carbons (Fsp3) is 0.333. The van der Waals surface area contributed by atoms with E-state index in [2.05, 4.69) is 62.4 Å². The molecule has 0 aromatic heterocycles. The molecule has 0 bridgehead atoms. The van der Waals surface area contributed by atoms with Gasteiger partial charge in [-0.2, -0.15) is 0 Å². The molecule has 0 N–H and O–H groups in total. The Labute approximate surface area is 121 Å². The summed E-state index contributed by atoms with van der Waals surface area (Å²) in [5.74, 6) is 1.06. The molecule has 0 saturated heterocycles. The van der Waals surface area contributed by atoms with Gasteiger partial charge in [0.25, 0.3) is 0 Å². The van der Waals surface area contributed by atoms with E-state index < -0.39 is 0 Å². The van der Waals surface area contributed by atoms with Crippen LogP contribution in [0.5, 0.6) is 0 Å². The van der Waals surface area contributed by atoms with E-state index in [1.54, 1.807) is 5.56 Å². The van der Waals surface area contributed by atoms with Gasteiger partial charge in [0.15, 0.2) is 0 Å². The van der Waals surface area contributed by atoms with Gasteiger partial charge < -0.3 is 0 Å². The van der Waals surface area contributed by atoms with Crippen LogP contribution in [-0.4, -0.2) is 0 Å². The normalized spacial score (nSPS) is 10.6. The van der Waals surface area contributed by atoms with Crippen LogP contribution in [0.25, 0.3) is 0 Å². The predicted octanol–water partition coefficient (Wildman–Crippen LogP) is 5.63. The number of unbranched alkanes of at least 4 members (excludes halogenated alkanes) is 1. The Morgan fingerprint density at radius 3 is 2.47 bits per heavy atom. The average molecular weight is 270 g/mol. The number of hydrogen-bond acceptors (Lipinski definition) is 1. The molecule has 0 saturated carbocycles. The molecule has 0 fully saturated rings. The second kappa shape index (κ2) is 7.40. The van der Waals surface area contributed by atoms with E-state index in [0.29, 0.717) is 0 Å². The quantitative estimate of drug-likeness (QED) is 0.613. The highest BCUT2D eigenvalue weighted by molar-refractivity contribution is 7.98. The van der Waals surface area contributed by atoms with Gasteiger partial charge in [0.2, 0.25) is 0 Å². The second-order valence-corrected chi connectivity index (χ2v) is 5.95. The minimum absolute atomic E-state index is 1.06. The molecule has 0 aliphatic heterocycles. The lowest BCUT2D eigenvalue weighted by Crippen LogP contribution is -1.93. The summed E-state index contributed by atoms with van der Waals surface area (Å²) in [7, 11) is 0. The third kappa shape index (κ3) is 4.14. The molecule has 2 aromatic rings. The molecule has 0 spiro atoms. The minimum atomic E-state index is 1.06. The van der Waals surface area contributed by atoms with Gasteiger partial charge in [0.1, 0.15) is 0 Å². The van der Waals surface area contributed by atoms with Crippen molar-refractivity contribution < 1.29 is 0 Å². The first-order chi connectivity index (χ1) is 9.31. The summed E-state index contributed by atoms with van der Waals surface area (Å²) in [5.41, 5.74) is 4.38. The van der Waals surface area contributed by atoms with Crippen molar-refractivity contribution in [2.75, 3.05) is 0 Å². The molecular weight excluding hydrogens is 248 g/mol. The van der Waals surface area contributed by atoms with Crippen LogP contribution in [0.2, 0.25) is 0 Å². The SMILES string of the molecule is CCCCc1c(C)cccc1SCc1ccccc1. The molecule has 2 aromatic carbocycles. The van der Waals surface area contributed by atoms with Gasteiger partial charge in [-0.15, -0.1) is 11.8 Å². The van der Waals surface area contributed by atoms with E-state index in [1.165, 1.54) is 35.3 Å². The molecule has 0 radical (unpaired) electrons. The van der Waals surface area contributed by atoms with Gasteiger partial charge in [0, 0.05) is 10.6 Å². The molecular formula is C18H22S. The monoisotopic (exact) mass is 270 g/mol. The minimum Gasteiger partial charge on any atom is -0.121 e. The maximum atomic E-state index is 2.27. The fourth-order valence-corrected chi connectivity index (χ4v) is 3.35. The molecule has 0 aliphatic carbocycles. The summed E-state index contributed by atoms with van der Waals surface area (Å²) < 4.78 is 0. The lowest BCUT2D eigenvalue weighted by atomic mass is 10.0. The van der Waals surface area contributed by atoms with Crippen molar-refractivity contribution in [1.82, 2.24) is 0 Å². The van der Waals surface area contributed by atoms with E-state index in [-0.39, 0.29) is 0 Å². The molecule has 0 unspecified atom stereocenters. The molecule has 0 aliphatic rings. The number of benzene rings is 2. The molecule has 1 heteroatoms. The lowest BCUT2D eigenvalue weighted by Gasteiger charge is -2.12. The molecule has 0 heterocycles. The smallest absolute Gasteiger partial charge is 0.0232 e. The van der Waals surface area contributed by atoms with Crippen LogP contribution < -0.4 is 0 Å². The summed E-state index contributed by atoms with van der Waals surface area (Å²) in [6.45, 7) is 4.49. The molecule has 19 heavy (non-hydrogen) atoms. The summed E-state index contributed by atoms with van der Waals surface area (Å²) in [6, 6.07) is 17.4. The number of hydrogen-bond donors (Lipinski definition) is 0. The van der Waals surface area contributed by atoms with Crippen molar-refractivity contribution in [3.63, 3.8) is 0 Å². The standard InChI is InChI=1S/C18H22S/c1-3-4-12-17-15(2)9-8-13-18(17)19-14-16-10-6-5-7-11-16/h5-11,13H,3-4,12,14H2,1-2H3. The first-order valence-electron chi connectivity index (χ1n) is 7.06. The van der Waals surface area contributed by atoms with Crippen LogP contribution in [0.3, 0.4) is 0 Å². The van der Waals surface area contributed by atoms with E-state index in [1.807, 2.05) is 11.8 Å². The van der Waals surface area contributed by atoms with Crippen molar-refractivity contribution in [1.29, 1.82) is 0 Å². The van der Waals surface area contributed by atoms with Crippen LogP contribution in [0.15, 0.2) is 53.4 Å². The maximum absolute atomic E-state index is 2.27. The average Bonchev–Trinajstić information content (AvgIpc) is 2.45. The Bertz CT molecular complexity index is 502. The first kappa shape index (κ1) is 14.2. The zero-order valence-corrected chi connectivity index (χ0v) is 12.7. The predicted molar refractivity (Wildman–Crippen MR) is 85.8 cm³/mol. The van der Waals surface area contributed by atoms with Gasteiger partial charge in [-0.1, -0.05) is 55.8 Å². The summed E-state index contributed by atoms with van der Waals surface area (Å²) in [5, 5.41) is 0. The number of aryl methyl sites for hydroxylation is 1. The highest BCUT2D eigenvalue weighted by Gasteiger charge is 2.06. The van der Waals surface area contributed by atoms with Crippen molar-refractivity contribution in [2.24, 2.45) is 0 Å². The summed E-state index contributed by atoms with van der Waals surface area (Å²) in [6.07, 6.45) is 3.75. The van der Waals surface area contributed by atoms with Crippen LogP contribution >= 0.6 is 11.8 Å². The first-order valence-corrected chi connectivity index (χ1v) is 8.05. The van der Waals surface area contributed by atoms with Crippen molar-refractivity contribution in [3.05, 3.63) is 65.2 Å². The Morgan fingerprint density at radius 2 is 1.74 bits per heavy atom. The van der Waals surface area contributed by atoms with Gasteiger partial charge in [-0.3, -0.25) is 0 Å². The Kier molecular flexibility index (Phi) is 5.53. The summed E-state index contributed by atoms with van der Waals surface area (Å²) >= 11 is 1.96. The zero-order chi connectivity index (χ0) is 13.5. The number of rotatable bonds is 6. The second-order valence-electron chi connectivity index (χ2n) is 4.93. The Balaban J connectivity index is 2.09. The summed E-state index contributed by atoms with van der Waals surface area (Å²) in [4.78, 5) is 1.46. The van der Waals surface area contributed by atoms with E-state index in [0.717, 1.165) is 5.75 Å². The van der Waals surface area contributed by atoms with Gasteiger partial charge in [-0.05, 0) is 42.5 Å². The fourth-order valence-electron chi connectivity index (χ4n) is 2.22. The molecule has 0 nitrogen and oxygen atoms in total. The van der Waals surface area contributed by atoms with Gasteiger partial charge in [0.05, 0.1) is 0 Å². The number of thioether (sulfide) groups is 1. The van der Waals surface area contributed by atoms with Crippen LogP contribution in [0.1, 0.15) is 36.5 Å². The van der Waals surface area contributed by atoms with Crippen LogP contribution in [-0.2, 0) is 12.2 Å².